The van der Waals surface area contributed by atoms with Crippen molar-refractivity contribution in [3.63, 3.8) is 0 Å². The van der Waals surface area contributed by atoms with Crippen LogP contribution in [0, 0.1) is 20.0 Å². The summed E-state index contributed by atoms with van der Waals surface area (Å²) in [5, 5.41) is 0. The van der Waals surface area contributed by atoms with Crippen molar-refractivity contribution in [2.75, 3.05) is 4.57 Å². The van der Waals surface area contributed by atoms with Gasteiger partial charge in [-0.05, 0) is 41.6 Å². The molecule has 0 fully saturated rings. The van der Waals surface area contributed by atoms with Crippen molar-refractivity contribution in [1.29, 1.82) is 0 Å². The number of hydrogen-bond acceptors (Lipinski definition) is 1. The summed E-state index contributed by atoms with van der Waals surface area (Å²) in [6.45, 7) is 30.7. The molecule has 6 heteroatoms. The van der Waals surface area contributed by atoms with Crippen molar-refractivity contribution in [3.8, 4) is 0 Å². The first kappa shape index (κ1) is 30.7. The summed E-state index contributed by atoms with van der Waals surface area (Å²) in [7, 11) is -1.58. The van der Waals surface area contributed by atoms with E-state index < -0.39 is 8.24 Å². The van der Waals surface area contributed by atoms with E-state index in [0.717, 1.165) is 16.6 Å². The molecule has 4 nitrogen and oxygen atoms in total. The third kappa shape index (κ3) is 6.24. The molecule has 1 heterocycles. The predicted octanol–water partition coefficient (Wildman–Crippen LogP) is 5.50. The number of para-hydroxylation sites is 1. The molecule has 0 aromatic heterocycles. The minimum absolute atomic E-state index is 0. The maximum Gasteiger partial charge on any atom is 0 e. The summed E-state index contributed by atoms with van der Waals surface area (Å²) < 4.78 is 25.4. The number of fused-ring (bicyclic) bond motifs is 1. The average molecular weight is 426 g/mol. The summed E-state index contributed by atoms with van der Waals surface area (Å²) in [6.07, 6.45) is 1.22. The summed E-state index contributed by atoms with van der Waals surface area (Å²) >= 11 is 0. The van der Waals surface area contributed by atoms with Gasteiger partial charge in [-0.25, -0.2) is 0 Å². The fourth-order valence-electron chi connectivity index (χ4n) is 4.99. The van der Waals surface area contributed by atoms with E-state index in [9.17, 15) is 0 Å². The molecule has 0 saturated heterocycles. The third-order valence-electron chi connectivity index (χ3n) is 5.40. The van der Waals surface area contributed by atoms with E-state index in [1.165, 1.54) is 12.1 Å². The molecule has 27 heavy (non-hydrogen) atoms. The first-order valence-corrected chi connectivity index (χ1v) is 11.0. The standard InChI is InChI=1S/C18H31NSi.3CO.Cr/c1-13(2)20(14(3)4,15(5)6)19-16(7)12-17-10-8-9-11-18(17)19;3*1-2;/h8-11,13-16H,12H2,1-7H3;;;;. The normalized spacial score (nSPS) is 14.5. The zero-order valence-corrected chi connectivity index (χ0v) is 19.7. The molecule has 1 aliphatic heterocycles. The quantitative estimate of drug-likeness (QED) is 0.357. The van der Waals surface area contributed by atoms with E-state index in [-0.39, 0.29) is 17.4 Å². The second-order valence-corrected chi connectivity index (χ2v) is 13.1. The molecule has 0 aliphatic carbocycles. The molecule has 0 saturated carbocycles. The predicted molar refractivity (Wildman–Crippen MR) is 105 cm³/mol. The zero-order valence-electron chi connectivity index (χ0n) is 17.4. The van der Waals surface area contributed by atoms with Gasteiger partial charge in [0.2, 0.25) is 0 Å². The molecule has 1 aliphatic rings. The summed E-state index contributed by atoms with van der Waals surface area (Å²) in [6, 6.07) is 9.74. The molecule has 0 N–H and O–H groups in total. The van der Waals surface area contributed by atoms with E-state index in [1.54, 1.807) is 5.56 Å². The molecule has 1 aromatic carbocycles. The molecular weight excluding hydrogens is 394 g/mol. The Morgan fingerprint density at radius 2 is 1.22 bits per heavy atom. The Morgan fingerprint density at radius 1 is 0.852 bits per heavy atom. The Bertz CT molecular complexity index is 561. The van der Waals surface area contributed by atoms with Gasteiger partial charge in [0.25, 0.3) is 0 Å². The van der Waals surface area contributed by atoms with Gasteiger partial charge in [0.15, 0.2) is 8.24 Å². The number of benzene rings is 1. The molecule has 0 bridgehead atoms. The largest absolute Gasteiger partial charge is 0 e. The Morgan fingerprint density at radius 3 is 1.59 bits per heavy atom. The van der Waals surface area contributed by atoms with Crippen molar-refractivity contribution in [2.45, 2.75) is 77.6 Å². The van der Waals surface area contributed by atoms with Gasteiger partial charge in [0, 0.05) is 29.1 Å². The van der Waals surface area contributed by atoms with Gasteiger partial charge in [0.05, 0.1) is 0 Å². The van der Waals surface area contributed by atoms with Crippen LogP contribution in [0.2, 0.25) is 16.6 Å². The minimum atomic E-state index is -1.58. The smallest absolute Gasteiger partial charge is 0 e. The van der Waals surface area contributed by atoms with Crippen LogP contribution >= 0.6 is 0 Å². The van der Waals surface area contributed by atoms with Crippen molar-refractivity contribution in [1.82, 2.24) is 0 Å². The van der Waals surface area contributed by atoms with Crippen molar-refractivity contribution < 1.29 is 31.3 Å². The maximum atomic E-state index is 7.50. The molecule has 148 valence electrons. The van der Waals surface area contributed by atoms with Crippen molar-refractivity contribution >= 4 is 13.9 Å². The molecule has 0 amide bonds. The summed E-state index contributed by atoms with van der Waals surface area (Å²) in [5.74, 6) is 0. The molecule has 2 rings (SSSR count). The topological polar surface area (TPSA) is 62.9 Å². The molecule has 0 radical (unpaired) electrons. The van der Waals surface area contributed by atoms with Crippen LogP contribution in [0.25, 0.3) is 0 Å². The molecule has 1 aromatic rings. The van der Waals surface area contributed by atoms with Gasteiger partial charge < -0.3 is 4.57 Å². The van der Waals surface area contributed by atoms with Gasteiger partial charge in [-0.2, -0.15) is 0 Å². The average Bonchev–Trinajstić information content (AvgIpc) is 2.96. The fraction of sp³-hybridized carbons (Fsp3) is 0.571. The van der Waals surface area contributed by atoms with E-state index in [0.29, 0.717) is 6.04 Å². The first-order valence-electron chi connectivity index (χ1n) is 8.81. The Kier molecular flexibility index (Phi) is 17.0. The van der Waals surface area contributed by atoms with Gasteiger partial charge in [0.1, 0.15) is 0 Å². The van der Waals surface area contributed by atoms with Crippen LogP contribution in [0.15, 0.2) is 24.3 Å². The van der Waals surface area contributed by atoms with Crippen LogP contribution in [-0.4, -0.2) is 14.3 Å². The summed E-state index contributed by atoms with van der Waals surface area (Å²) in [4.78, 5) is 0. The molecule has 1 unspecified atom stereocenters. The number of nitrogens with zero attached hydrogens (tertiary/aromatic N) is 1. The van der Waals surface area contributed by atoms with Gasteiger partial charge >= 0.3 is 33.9 Å². The van der Waals surface area contributed by atoms with Crippen LogP contribution in [0.1, 0.15) is 54.0 Å². The van der Waals surface area contributed by atoms with E-state index in [4.69, 9.17) is 14.0 Å². The second kappa shape index (κ2) is 15.0. The SMILES string of the molecule is CC1Cc2ccccc2N1[Si](C(C)C)(C(C)C)C(C)C.[C-]#[O+].[C-]#[O+].[C-]#[O+].[Cr]. The van der Waals surface area contributed by atoms with Crippen LogP contribution in [0.5, 0.6) is 0 Å². The van der Waals surface area contributed by atoms with E-state index in [2.05, 4.69) is 97.2 Å². The fourth-order valence-corrected chi connectivity index (χ4v) is 12.1. The van der Waals surface area contributed by atoms with Crippen LogP contribution in [0.4, 0.5) is 5.69 Å². The van der Waals surface area contributed by atoms with Crippen LogP contribution in [-0.2, 0) is 37.7 Å². The monoisotopic (exact) mass is 425 g/mol. The van der Waals surface area contributed by atoms with Gasteiger partial charge in [-0.1, -0.05) is 59.7 Å². The minimum Gasteiger partial charge on any atom is 0 e. The number of anilines is 1. The van der Waals surface area contributed by atoms with Crippen LogP contribution < -0.4 is 4.57 Å². The first-order chi connectivity index (χ1) is 12.3. The molecule has 0 spiro atoms. The number of rotatable bonds is 4. The van der Waals surface area contributed by atoms with E-state index >= 15 is 0 Å². The molecular formula is C21H31CrNO3Si. The van der Waals surface area contributed by atoms with Gasteiger partial charge in [-0.3, -0.25) is 0 Å². The van der Waals surface area contributed by atoms with Crippen molar-refractivity contribution in [2.24, 2.45) is 0 Å². The summed E-state index contributed by atoms with van der Waals surface area (Å²) in [5.41, 5.74) is 5.41. The van der Waals surface area contributed by atoms with E-state index in [1.807, 2.05) is 0 Å². The maximum absolute atomic E-state index is 7.50. The Hall–Kier alpha value is -1.01. The second-order valence-electron chi connectivity index (χ2n) is 7.40. The van der Waals surface area contributed by atoms with Crippen molar-refractivity contribution in [3.05, 3.63) is 49.8 Å². The van der Waals surface area contributed by atoms with Crippen LogP contribution in [0.3, 0.4) is 0 Å². The zero-order chi connectivity index (χ0) is 21.1. The Balaban J connectivity index is -0.000000749. The number of hydrogen-bond donors (Lipinski definition) is 0. The third-order valence-corrected chi connectivity index (χ3v) is 12.5. The molecule has 1 atom stereocenters. The van der Waals surface area contributed by atoms with Gasteiger partial charge in [-0.15, -0.1) is 0 Å². The Labute approximate surface area is 177 Å².